The van der Waals surface area contributed by atoms with Crippen molar-refractivity contribution in [1.29, 1.82) is 5.26 Å². The van der Waals surface area contributed by atoms with Crippen molar-refractivity contribution in [3.63, 3.8) is 0 Å². The third kappa shape index (κ3) is 4.02. The summed E-state index contributed by atoms with van der Waals surface area (Å²) in [6.07, 6.45) is -2.60. The zero-order valence-corrected chi connectivity index (χ0v) is 14.2. The Morgan fingerprint density at radius 1 is 1.08 bits per heavy atom. The number of ether oxygens (including phenoxy) is 3. The topological polar surface area (TPSA) is 51.5 Å². The zero-order chi connectivity index (χ0) is 18.9. The Labute approximate surface area is 148 Å². The second-order valence-electron chi connectivity index (χ2n) is 6.06. The molecule has 26 heavy (non-hydrogen) atoms. The number of nitrogens with zero attached hydrogens (tertiary/aromatic N) is 1. The van der Waals surface area contributed by atoms with E-state index in [1.807, 2.05) is 19.1 Å². The Bertz CT molecular complexity index is 868. The van der Waals surface area contributed by atoms with Crippen LogP contribution in [-0.4, -0.2) is 13.5 Å². The van der Waals surface area contributed by atoms with Gasteiger partial charge in [0.15, 0.2) is 11.5 Å². The molecule has 0 heterocycles. The highest BCUT2D eigenvalue weighted by atomic mass is 19.4. The lowest BCUT2D eigenvalue weighted by Gasteiger charge is -2.15. The lowest BCUT2D eigenvalue weighted by atomic mass is 10.0. The predicted octanol–water partition coefficient (Wildman–Crippen LogP) is 5.44. The van der Waals surface area contributed by atoms with Gasteiger partial charge in [-0.1, -0.05) is 6.07 Å². The number of nitriles is 1. The van der Waals surface area contributed by atoms with Crippen molar-refractivity contribution in [2.24, 2.45) is 0 Å². The van der Waals surface area contributed by atoms with Crippen LogP contribution in [0.3, 0.4) is 0 Å². The maximum atomic E-state index is 12.4. The Morgan fingerprint density at radius 2 is 1.81 bits per heavy atom. The highest BCUT2D eigenvalue weighted by Crippen LogP contribution is 2.44. The van der Waals surface area contributed by atoms with Crippen LogP contribution in [0.4, 0.5) is 13.2 Å². The lowest BCUT2D eigenvalue weighted by Crippen LogP contribution is -2.17. The van der Waals surface area contributed by atoms with Gasteiger partial charge in [0, 0.05) is 6.07 Å². The summed E-state index contributed by atoms with van der Waals surface area (Å²) in [7, 11) is 1.32. The third-order valence-electron chi connectivity index (χ3n) is 4.07. The molecule has 0 amide bonds. The number of alkyl halides is 3. The molecule has 7 heteroatoms. The standard InChI is InChI=1S/C19H16F3NO3/c1-11-7-13(12-3-4-12)8-17(15(11)10-23)25-16-6-5-14(9-18(16)24-2)26-19(20,21)22/h5-9,12H,3-4H2,1-2H3. The molecule has 0 spiro atoms. The number of benzene rings is 2. The van der Waals surface area contributed by atoms with Crippen LogP contribution in [0.1, 0.15) is 35.4 Å². The molecule has 0 N–H and O–H groups in total. The number of methoxy groups -OCH3 is 1. The van der Waals surface area contributed by atoms with E-state index >= 15 is 0 Å². The number of rotatable bonds is 5. The van der Waals surface area contributed by atoms with E-state index in [-0.39, 0.29) is 11.5 Å². The maximum Gasteiger partial charge on any atom is 0.573 e. The van der Waals surface area contributed by atoms with Gasteiger partial charge in [0.2, 0.25) is 0 Å². The van der Waals surface area contributed by atoms with Crippen molar-refractivity contribution < 1.29 is 27.4 Å². The minimum Gasteiger partial charge on any atom is -0.493 e. The van der Waals surface area contributed by atoms with Crippen molar-refractivity contribution in [3.05, 3.63) is 47.0 Å². The summed E-state index contributed by atoms with van der Waals surface area (Å²) in [4.78, 5) is 0. The van der Waals surface area contributed by atoms with Gasteiger partial charge in [-0.05, 0) is 55.0 Å². The van der Waals surface area contributed by atoms with Crippen LogP contribution >= 0.6 is 0 Å². The fourth-order valence-corrected chi connectivity index (χ4v) is 2.71. The molecule has 1 saturated carbocycles. The molecule has 0 aromatic heterocycles. The van der Waals surface area contributed by atoms with E-state index in [9.17, 15) is 18.4 Å². The van der Waals surface area contributed by atoms with E-state index in [1.165, 1.54) is 13.2 Å². The molecular formula is C19H16F3NO3. The van der Waals surface area contributed by atoms with Crippen LogP contribution in [0.15, 0.2) is 30.3 Å². The van der Waals surface area contributed by atoms with E-state index < -0.39 is 12.1 Å². The quantitative estimate of drug-likeness (QED) is 0.709. The smallest absolute Gasteiger partial charge is 0.493 e. The van der Waals surface area contributed by atoms with Crippen LogP contribution in [0.5, 0.6) is 23.0 Å². The molecule has 1 fully saturated rings. The van der Waals surface area contributed by atoms with E-state index in [4.69, 9.17) is 9.47 Å². The highest BCUT2D eigenvalue weighted by Gasteiger charge is 2.31. The largest absolute Gasteiger partial charge is 0.573 e. The summed E-state index contributed by atoms with van der Waals surface area (Å²) in [5, 5.41) is 9.41. The van der Waals surface area contributed by atoms with Crippen molar-refractivity contribution >= 4 is 0 Å². The number of hydrogen-bond acceptors (Lipinski definition) is 4. The first-order chi connectivity index (χ1) is 12.3. The molecular weight excluding hydrogens is 347 g/mol. The van der Waals surface area contributed by atoms with E-state index in [2.05, 4.69) is 10.8 Å². The maximum absolute atomic E-state index is 12.4. The summed E-state index contributed by atoms with van der Waals surface area (Å²) in [5.74, 6) is 0.687. The molecule has 1 aliphatic rings. The highest BCUT2D eigenvalue weighted by molar-refractivity contribution is 5.55. The molecule has 0 radical (unpaired) electrons. The van der Waals surface area contributed by atoms with Crippen molar-refractivity contribution in [2.75, 3.05) is 7.11 Å². The minimum atomic E-state index is -4.79. The first-order valence-corrected chi connectivity index (χ1v) is 7.97. The third-order valence-corrected chi connectivity index (χ3v) is 4.07. The monoisotopic (exact) mass is 363 g/mol. The van der Waals surface area contributed by atoms with Gasteiger partial charge >= 0.3 is 6.36 Å². The molecule has 0 bridgehead atoms. The first-order valence-electron chi connectivity index (χ1n) is 7.97. The Balaban J connectivity index is 1.94. The van der Waals surface area contributed by atoms with Crippen LogP contribution in [0.25, 0.3) is 0 Å². The van der Waals surface area contributed by atoms with Gasteiger partial charge in [0.1, 0.15) is 17.6 Å². The number of hydrogen-bond donors (Lipinski definition) is 0. The second-order valence-corrected chi connectivity index (χ2v) is 6.06. The van der Waals surface area contributed by atoms with Crippen LogP contribution < -0.4 is 14.2 Å². The normalized spacial score (nSPS) is 13.8. The molecule has 1 aliphatic carbocycles. The van der Waals surface area contributed by atoms with Crippen molar-refractivity contribution in [2.45, 2.75) is 32.0 Å². The van der Waals surface area contributed by atoms with Crippen molar-refractivity contribution in [1.82, 2.24) is 0 Å². The molecule has 0 unspecified atom stereocenters. The average Bonchev–Trinajstić information content (AvgIpc) is 3.39. The number of halogens is 3. The molecule has 2 aromatic carbocycles. The minimum absolute atomic E-state index is 0.0742. The van der Waals surface area contributed by atoms with Gasteiger partial charge in [-0.3, -0.25) is 0 Å². The van der Waals surface area contributed by atoms with Crippen molar-refractivity contribution in [3.8, 4) is 29.1 Å². The van der Waals surface area contributed by atoms with Gasteiger partial charge in [-0.2, -0.15) is 5.26 Å². The van der Waals surface area contributed by atoms with Gasteiger partial charge in [0.25, 0.3) is 0 Å². The van der Waals surface area contributed by atoms with E-state index in [0.29, 0.717) is 17.2 Å². The Kier molecular flexibility index (Phi) is 4.68. The number of aryl methyl sites for hydroxylation is 1. The van der Waals surface area contributed by atoms with Gasteiger partial charge in [-0.25, -0.2) is 0 Å². The van der Waals surface area contributed by atoms with Gasteiger partial charge in [0.05, 0.1) is 12.7 Å². The van der Waals surface area contributed by atoms with Gasteiger partial charge < -0.3 is 14.2 Å². The fourth-order valence-electron chi connectivity index (χ4n) is 2.71. The summed E-state index contributed by atoms with van der Waals surface area (Å²) in [5.41, 5.74) is 2.27. The predicted molar refractivity (Wildman–Crippen MR) is 87.6 cm³/mol. The van der Waals surface area contributed by atoms with Gasteiger partial charge in [-0.15, -0.1) is 13.2 Å². The SMILES string of the molecule is COc1cc(OC(F)(F)F)ccc1Oc1cc(C2CC2)cc(C)c1C#N. The molecule has 3 rings (SSSR count). The molecule has 0 atom stereocenters. The molecule has 136 valence electrons. The lowest BCUT2D eigenvalue weighted by molar-refractivity contribution is -0.274. The summed E-state index contributed by atoms with van der Waals surface area (Å²) >= 11 is 0. The second kappa shape index (κ2) is 6.79. The molecule has 0 saturated heterocycles. The average molecular weight is 363 g/mol. The molecule has 0 aliphatic heterocycles. The summed E-state index contributed by atoms with van der Waals surface area (Å²) in [6, 6.07) is 9.44. The first kappa shape index (κ1) is 17.9. The van der Waals surface area contributed by atoms with Crippen LogP contribution in [0, 0.1) is 18.3 Å². The molecule has 4 nitrogen and oxygen atoms in total. The van der Waals surface area contributed by atoms with E-state index in [1.54, 1.807) is 0 Å². The Hall–Kier alpha value is -2.88. The Morgan fingerprint density at radius 3 is 2.38 bits per heavy atom. The molecule has 2 aromatic rings. The summed E-state index contributed by atoms with van der Waals surface area (Å²) in [6.45, 7) is 1.83. The zero-order valence-electron chi connectivity index (χ0n) is 14.2. The van der Waals surface area contributed by atoms with Crippen LogP contribution in [-0.2, 0) is 0 Å². The fraction of sp³-hybridized carbons (Fsp3) is 0.316. The van der Waals surface area contributed by atoms with E-state index in [0.717, 1.165) is 36.1 Å². The summed E-state index contributed by atoms with van der Waals surface area (Å²) < 4.78 is 51.9. The van der Waals surface area contributed by atoms with Crippen LogP contribution in [0.2, 0.25) is 0 Å².